The Hall–Kier alpha value is -2.90. The lowest BCUT2D eigenvalue weighted by molar-refractivity contribution is 0.0936. The summed E-state index contributed by atoms with van der Waals surface area (Å²) in [6, 6.07) is 13.0. The van der Waals surface area contributed by atoms with Crippen LogP contribution in [0.5, 0.6) is 5.75 Å². The van der Waals surface area contributed by atoms with E-state index in [0.29, 0.717) is 12.4 Å². The maximum Gasteiger partial charge on any atom is 0.271 e. The zero-order valence-corrected chi connectivity index (χ0v) is 18.6. The van der Waals surface area contributed by atoms with Gasteiger partial charge in [-0.15, -0.1) is 0 Å². The Kier molecular flexibility index (Phi) is 6.74. The number of para-hydroxylation sites is 1. The highest BCUT2D eigenvalue weighted by Gasteiger charge is 2.21. The zero-order chi connectivity index (χ0) is 21.8. The molecule has 30 heavy (non-hydrogen) atoms. The van der Waals surface area contributed by atoms with Gasteiger partial charge in [-0.05, 0) is 52.2 Å². The third-order valence-electron chi connectivity index (χ3n) is 4.85. The van der Waals surface area contributed by atoms with E-state index in [4.69, 9.17) is 16.3 Å². The number of nitrogens with zero attached hydrogens (tertiary/aromatic N) is 4. The van der Waals surface area contributed by atoms with E-state index < -0.39 is 0 Å². The molecule has 0 aliphatic heterocycles. The molecule has 1 N–H and O–H groups in total. The maximum atomic E-state index is 12.9. The molecule has 0 bridgehead atoms. The Bertz CT molecular complexity index is 1050. The second-order valence-corrected chi connectivity index (χ2v) is 7.68. The normalized spacial score (nSPS) is 12.1. The molecule has 3 rings (SSSR count). The number of amides is 1. The van der Waals surface area contributed by atoms with E-state index in [1.807, 2.05) is 63.2 Å². The van der Waals surface area contributed by atoms with Crippen LogP contribution in [0.2, 0.25) is 5.02 Å². The van der Waals surface area contributed by atoms with Crippen LogP contribution >= 0.6 is 11.6 Å². The van der Waals surface area contributed by atoms with Gasteiger partial charge >= 0.3 is 0 Å². The van der Waals surface area contributed by atoms with Gasteiger partial charge in [-0.25, -0.2) is 9.67 Å². The minimum absolute atomic E-state index is 0.0805. The summed E-state index contributed by atoms with van der Waals surface area (Å²) in [6.07, 6.45) is 0. The molecule has 1 atom stereocenters. The number of halogens is 1. The van der Waals surface area contributed by atoms with Crippen LogP contribution in [-0.2, 0) is 0 Å². The zero-order valence-electron chi connectivity index (χ0n) is 17.8. The van der Waals surface area contributed by atoms with Crippen molar-refractivity contribution in [2.75, 3.05) is 27.7 Å². The Balaban J connectivity index is 1.83. The summed E-state index contributed by atoms with van der Waals surface area (Å²) in [5.41, 5.74) is 2.96. The van der Waals surface area contributed by atoms with Crippen molar-refractivity contribution < 1.29 is 9.53 Å². The molecular formula is C22H26ClN5O2. The summed E-state index contributed by atoms with van der Waals surface area (Å²) in [5, 5.41) is 7.67. The summed E-state index contributed by atoms with van der Waals surface area (Å²) < 4.78 is 7.18. The number of likely N-dealkylation sites (N-methyl/N-ethyl adjacent to an activating group) is 1. The molecule has 0 saturated carbocycles. The van der Waals surface area contributed by atoms with Crippen molar-refractivity contribution in [2.24, 2.45) is 0 Å². The number of nitrogens with one attached hydrogen (secondary N) is 1. The molecule has 0 aliphatic carbocycles. The third-order valence-corrected chi connectivity index (χ3v) is 5.16. The van der Waals surface area contributed by atoms with Crippen molar-refractivity contribution in [3.05, 3.63) is 70.1 Å². The number of carbonyl (C=O) groups is 1. The number of rotatable bonds is 7. The van der Waals surface area contributed by atoms with E-state index in [9.17, 15) is 4.79 Å². The Morgan fingerprint density at radius 2 is 1.97 bits per heavy atom. The van der Waals surface area contributed by atoms with E-state index >= 15 is 0 Å². The molecule has 8 heteroatoms. The minimum atomic E-state index is -0.342. The van der Waals surface area contributed by atoms with Gasteiger partial charge in [0.05, 0.1) is 23.9 Å². The van der Waals surface area contributed by atoms with Crippen LogP contribution in [0.4, 0.5) is 0 Å². The van der Waals surface area contributed by atoms with Crippen LogP contribution in [0, 0.1) is 13.8 Å². The van der Waals surface area contributed by atoms with Crippen molar-refractivity contribution in [3.8, 4) is 11.6 Å². The monoisotopic (exact) mass is 427 g/mol. The standard InChI is InChI=1S/C22H26ClN5O2/c1-14-12-15(2)28(26-14)20-11-10-17(23)21(25-20)22(29)24-13-18(27(3)4)16-8-6-7-9-19(16)30-5/h6-12,18H,13H2,1-5H3,(H,24,29). The predicted molar refractivity (Wildman–Crippen MR) is 118 cm³/mol. The molecule has 2 heterocycles. The molecular weight excluding hydrogens is 402 g/mol. The van der Waals surface area contributed by atoms with Crippen molar-refractivity contribution in [2.45, 2.75) is 19.9 Å². The average Bonchev–Trinajstić information content (AvgIpc) is 3.06. The lowest BCUT2D eigenvalue weighted by Crippen LogP contribution is -2.35. The number of aromatic nitrogens is 3. The molecule has 1 unspecified atom stereocenters. The highest BCUT2D eigenvalue weighted by atomic mass is 35.5. The fourth-order valence-corrected chi connectivity index (χ4v) is 3.55. The van der Waals surface area contributed by atoms with Gasteiger partial charge in [-0.3, -0.25) is 4.79 Å². The van der Waals surface area contributed by atoms with Crippen LogP contribution in [0.3, 0.4) is 0 Å². The van der Waals surface area contributed by atoms with Crippen molar-refractivity contribution >= 4 is 17.5 Å². The first kappa shape index (κ1) is 21.8. The Morgan fingerprint density at radius 1 is 1.23 bits per heavy atom. The average molecular weight is 428 g/mol. The summed E-state index contributed by atoms with van der Waals surface area (Å²) >= 11 is 6.28. The van der Waals surface area contributed by atoms with Crippen LogP contribution in [0.25, 0.3) is 5.82 Å². The summed E-state index contributed by atoms with van der Waals surface area (Å²) in [6.45, 7) is 4.21. The van der Waals surface area contributed by atoms with E-state index in [-0.39, 0.29) is 22.7 Å². The Labute approximate surface area is 181 Å². The van der Waals surface area contributed by atoms with Crippen molar-refractivity contribution in [1.29, 1.82) is 0 Å². The van der Waals surface area contributed by atoms with Gasteiger partial charge in [-0.1, -0.05) is 29.8 Å². The number of pyridine rings is 1. The second-order valence-electron chi connectivity index (χ2n) is 7.27. The molecule has 1 aromatic carbocycles. The van der Waals surface area contributed by atoms with Gasteiger partial charge in [0, 0.05) is 17.8 Å². The number of benzene rings is 1. The predicted octanol–water partition coefficient (Wildman–Crippen LogP) is 3.58. The van der Waals surface area contributed by atoms with Crippen molar-refractivity contribution in [1.82, 2.24) is 25.0 Å². The molecule has 0 radical (unpaired) electrons. The molecule has 2 aromatic heterocycles. The number of aryl methyl sites for hydroxylation is 2. The van der Waals surface area contributed by atoms with Gasteiger partial charge in [-0.2, -0.15) is 5.10 Å². The summed E-state index contributed by atoms with van der Waals surface area (Å²) in [4.78, 5) is 19.4. The molecule has 0 fully saturated rings. The van der Waals surface area contributed by atoms with E-state index in [1.54, 1.807) is 23.9 Å². The summed E-state index contributed by atoms with van der Waals surface area (Å²) in [5.74, 6) is 0.974. The number of hydrogen-bond donors (Lipinski definition) is 1. The Morgan fingerprint density at radius 3 is 2.60 bits per heavy atom. The van der Waals surface area contributed by atoms with Gasteiger partial charge in [0.25, 0.3) is 5.91 Å². The quantitative estimate of drug-likeness (QED) is 0.624. The molecule has 1 amide bonds. The molecule has 0 aliphatic rings. The molecule has 0 spiro atoms. The first-order valence-corrected chi connectivity index (χ1v) is 9.97. The van der Waals surface area contributed by atoms with Crippen molar-refractivity contribution in [3.63, 3.8) is 0 Å². The van der Waals surface area contributed by atoms with E-state index in [2.05, 4.69) is 15.4 Å². The highest BCUT2D eigenvalue weighted by Crippen LogP contribution is 2.27. The van der Waals surface area contributed by atoms with Gasteiger partial charge in [0.15, 0.2) is 5.82 Å². The summed E-state index contributed by atoms with van der Waals surface area (Å²) in [7, 11) is 5.55. The fraction of sp³-hybridized carbons (Fsp3) is 0.318. The first-order valence-electron chi connectivity index (χ1n) is 9.59. The number of carbonyl (C=O) groups excluding carboxylic acids is 1. The minimum Gasteiger partial charge on any atom is -0.496 e. The van der Waals surface area contributed by atoms with Crippen LogP contribution in [-0.4, -0.2) is 53.3 Å². The largest absolute Gasteiger partial charge is 0.496 e. The lowest BCUT2D eigenvalue weighted by Gasteiger charge is -2.26. The SMILES string of the molecule is COc1ccccc1C(CNC(=O)c1nc(-n2nc(C)cc2C)ccc1Cl)N(C)C. The van der Waals surface area contributed by atoms with E-state index in [0.717, 1.165) is 22.7 Å². The molecule has 3 aromatic rings. The highest BCUT2D eigenvalue weighted by molar-refractivity contribution is 6.33. The number of hydrogen-bond acceptors (Lipinski definition) is 5. The third kappa shape index (κ3) is 4.63. The van der Waals surface area contributed by atoms with Gasteiger partial charge in [0.2, 0.25) is 0 Å². The second kappa shape index (κ2) is 9.28. The molecule has 0 saturated heterocycles. The molecule has 7 nitrogen and oxygen atoms in total. The van der Waals surface area contributed by atoms with E-state index in [1.165, 1.54) is 0 Å². The topological polar surface area (TPSA) is 72.3 Å². The molecule has 158 valence electrons. The number of ether oxygens (including phenoxy) is 1. The lowest BCUT2D eigenvalue weighted by atomic mass is 10.0. The van der Waals surface area contributed by atoms with Gasteiger partial charge < -0.3 is 15.0 Å². The smallest absolute Gasteiger partial charge is 0.271 e. The fourth-order valence-electron chi connectivity index (χ4n) is 3.36. The van der Waals surface area contributed by atoms with Gasteiger partial charge in [0.1, 0.15) is 11.4 Å². The van der Waals surface area contributed by atoms with Crippen LogP contribution in [0.1, 0.15) is 33.5 Å². The van der Waals surface area contributed by atoms with Crippen LogP contribution in [0.15, 0.2) is 42.5 Å². The van der Waals surface area contributed by atoms with Crippen LogP contribution < -0.4 is 10.1 Å². The number of methoxy groups -OCH3 is 1. The maximum absolute atomic E-state index is 12.9. The first-order chi connectivity index (χ1) is 14.3.